The zero-order valence-corrected chi connectivity index (χ0v) is 13.3. The number of carbonyl (C=O) groups excluding carboxylic acids is 1. The molecule has 8 heteroatoms. The second-order valence-electron chi connectivity index (χ2n) is 5.34. The second kappa shape index (κ2) is 7.25. The molecule has 25 heavy (non-hydrogen) atoms. The van der Waals surface area contributed by atoms with Crippen LogP contribution in [0.15, 0.2) is 42.5 Å². The first-order chi connectivity index (χ1) is 12.0. The summed E-state index contributed by atoms with van der Waals surface area (Å²) in [4.78, 5) is 12.1. The van der Waals surface area contributed by atoms with Gasteiger partial charge in [0.15, 0.2) is 11.5 Å². The number of rotatable bonds is 5. The lowest BCUT2D eigenvalue weighted by atomic mass is 10.1. The van der Waals surface area contributed by atoms with Gasteiger partial charge in [0.05, 0.1) is 6.04 Å². The number of benzene rings is 2. The number of anilines is 1. The van der Waals surface area contributed by atoms with Crippen molar-refractivity contribution in [1.82, 2.24) is 5.32 Å². The predicted molar refractivity (Wildman–Crippen MR) is 86.2 cm³/mol. The Labute approximate surface area is 142 Å². The largest absolute Gasteiger partial charge is 0.454 e. The summed E-state index contributed by atoms with van der Waals surface area (Å²) in [6.07, 6.45) is 0. The summed E-state index contributed by atoms with van der Waals surface area (Å²) in [5.41, 5.74) is 1.32. The third-order valence-electron chi connectivity index (χ3n) is 3.58. The van der Waals surface area contributed by atoms with E-state index in [-0.39, 0.29) is 18.6 Å². The average molecular weight is 350 g/mol. The standard InChI is InChI=1S/C17H16F2N2O4/c1-10(11-2-7-14-15(8-11)24-9-23-14)20-17(22)21-12-3-5-13(6-4-12)25-16(18)19/h2-8,10,16H,9H2,1H3,(H2,20,21,22)/t10-/m0/s1. The number of fused-ring (bicyclic) bond motifs is 1. The van der Waals surface area contributed by atoms with Gasteiger partial charge in [-0.2, -0.15) is 8.78 Å². The van der Waals surface area contributed by atoms with E-state index in [1.807, 2.05) is 19.1 Å². The summed E-state index contributed by atoms with van der Waals surface area (Å²) in [5.74, 6) is 1.34. The quantitative estimate of drug-likeness (QED) is 0.858. The number of hydrogen-bond acceptors (Lipinski definition) is 4. The number of ether oxygens (including phenoxy) is 3. The van der Waals surface area contributed by atoms with Crippen LogP contribution in [0.25, 0.3) is 0 Å². The molecule has 2 N–H and O–H groups in total. The summed E-state index contributed by atoms with van der Waals surface area (Å²) in [6.45, 7) is -0.868. The zero-order valence-electron chi connectivity index (χ0n) is 13.3. The Kier molecular flexibility index (Phi) is 4.87. The van der Waals surface area contributed by atoms with Crippen molar-refractivity contribution >= 4 is 11.7 Å². The monoisotopic (exact) mass is 350 g/mol. The third kappa shape index (κ3) is 4.28. The minimum atomic E-state index is -2.88. The van der Waals surface area contributed by atoms with Gasteiger partial charge in [-0.05, 0) is 48.9 Å². The Morgan fingerprint density at radius 3 is 2.56 bits per heavy atom. The van der Waals surface area contributed by atoms with Crippen LogP contribution in [0.3, 0.4) is 0 Å². The maximum Gasteiger partial charge on any atom is 0.387 e. The second-order valence-corrected chi connectivity index (χ2v) is 5.34. The molecule has 0 spiro atoms. The van der Waals surface area contributed by atoms with E-state index in [1.54, 1.807) is 6.07 Å². The predicted octanol–water partition coefficient (Wildman–Crippen LogP) is 3.90. The highest BCUT2D eigenvalue weighted by atomic mass is 19.3. The number of nitrogens with one attached hydrogen (secondary N) is 2. The van der Waals surface area contributed by atoms with Gasteiger partial charge >= 0.3 is 12.6 Å². The normalized spacial score (nSPS) is 13.4. The molecule has 0 saturated heterocycles. The molecule has 2 aromatic rings. The highest BCUT2D eigenvalue weighted by Crippen LogP contribution is 2.34. The minimum absolute atomic E-state index is 0.0229. The molecule has 6 nitrogen and oxygen atoms in total. The maximum atomic E-state index is 12.1. The molecular formula is C17H16F2N2O4. The van der Waals surface area contributed by atoms with Crippen LogP contribution in [0.2, 0.25) is 0 Å². The van der Waals surface area contributed by atoms with Gasteiger partial charge in [-0.1, -0.05) is 6.07 Å². The van der Waals surface area contributed by atoms with Crippen molar-refractivity contribution in [2.75, 3.05) is 12.1 Å². The summed E-state index contributed by atoms with van der Waals surface area (Å²) >= 11 is 0. The van der Waals surface area contributed by atoms with Crippen LogP contribution in [-0.4, -0.2) is 19.4 Å². The van der Waals surface area contributed by atoms with E-state index < -0.39 is 12.6 Å². The van der Waals surface area contributed by atoms with Gasteiger partial charge in [-0.3, -0.25) is 0 Å². The lowest BCUT2D eigenvalue weighted by Gasteiger charge is -2.15. The van der Waals surface area contributed by atoms with Crippen LogP contribution in [-0.2, 0) is 0 Å². The van der Waals surface area contributed by atoms with Crippen molar-refractivity contribution < 1.29 is 27.8 Å². The fourth-order valence-electron chi connectivity index (χ4n) is 2.35. The van der Waals surface area contributed by atoms with Crippen molar-refractivity contribution in [1.29, 1.82) is 0 Å². The highest BCUT2D eigenvalue weighted by molar-refractivity contribution is 5.89. The fourth-order valence-corrected chi connectivity index (χ4v) is 2.35. The minimum Gasteiger partial charge on any atom is -0.454 e. The Morgan fingerprint density at radius 1 is 1.12 bits per heavy atom. The number of halogens is 2. The number of alkyl halides is 2. The van der Waals surface area contributed by atoms with Crippen molar-refractivity contribution in [3.63, 3.8) is 0 Å². The van der Waals surface area contributed by atoms with Gasteiger partial charge in [0.2, 0.25) is 6.79 Å². The van der Waals surface area contributed by atoms with Gasteiger partial charge < -0.3 is 24.8 Å². The Hall–Kier alpha value is -3.03. The molecule has 132 valence electrons. The molecule has 2 amide bonds. The van der Waals surface area contributed by atoms with Crippen LogP contribution in [0, 0.1) is 0 Å². The summed E-state index contributed by atoms with van der Waals surface area (Å²) in [7, 11) is 0. The number of amides is 2. The van der Waals surface area contributed by atoms with E-state index in [0.29, 0.717) is 17.2 Å². The third-order valence-corrected chi connectivity index (χ3v) is 3.58. The Balaban J connectivity index is 1.56. The Morgan fingerprint density at radius 2 is 1.84 bits per heavy atom. The molecule has 0 unspecified atom stereocenters. The van der Waals surface area contributed by atoms with Gasteiger partial charge in [0, 0.05) is 5.69 Å². The number of carbonyl (C=O) groups is 1. The molecule has 0 bridgehead atoms. The lowest BCUT2D eigenvalue weighted by Crippen LogP contribution is -2.31. The maximum absolute atomic E-state index is 12.1. The molecule has 0 aliphatic carbocycles. The average Bonchev–Trinajstić information content (AvgIpc) is 3.03. The molecule has 1 atom stereocenters. The highest BCUT2D eigenvalue weighted by Gasteiger charge is 2.17. The summed E-state index contributed by atoms with van der Waals surface area (Å²) in [5, 5.41) is 5.41. The molecule has 1 aliphatic heterocycles. The number of urea groups is 1. The van der Waals surface area contributed by atoms with E-state index in [9.17, 15) is 13.6 Å². The molecule has 1 heterocycles. The van der Waals surface area contributed by atoms with Crippen LogP contribution < -0.4 is 24.8 Å². The van der Waals surface area contributed by atoms with E-state index in [4.69, 9.17) is 9.47 Å². The molecule has 0 fully saturated rings. The van der Waals surface area contributed by atoms with Gasteiger partial charge in [-0.25, -0.2) is 4.79 Å². The summed E-state index contributed by atoms with van der Waals surface area (Å²) in [6, 6.07) is 10.4. The molecule has 3 rings (SSSR count). The first kappa shape index (κ1) is 16.8. The van der Waals surface area contributed by atoms with E-state index in [1.165, 1.54) is 24.3 Å². The SMILES string of the molecule is C[C@H](NC(=O)Nc1ccc(OC(F)F)cc1)c1ccc2c(c1)OCO2. The van der Waals surface area contributed by atoms with Crippen LogP contribution in [0.5, 0.6) is 17.2 Å². The first-order valence-electron chi connectivity index (χ1n) is 7.53. The van der Waals surface area contributed by atoms with Crippen LogP contribution >= 0.6 is 0 Å². The topological polar surface area (TPSA) is 68.8 Å². The smallest absolute Gasteiger partial charge is 0.387 e. The zero-order chi connectivity index (χ0) is 17.8. The molecule has 0 saturated carbocycles. The first-order valence-corrected chi connectivity index (χ1v) is 7.53. The van der Waals surface area contributed by atoms with Crippen molar-refractivity contribution in [2.45, 2.75) is 19.6 Å². The van der Waals surface area contributed by atoms with E-state index in [2.05, 4.69) is 15.4 Å². The molecule has 1 aliphatic rings. The number of hydrogen-bond donors (Lipinski definition) is 2. The fraction of sp³-hybridized carbons (Fsp3) is 0.235. The van der Waals surface area contributed by atoms with Crippen molar-refractivity contribution in [2.24, 2.45) is 0 Å². The van der Waals surface area contributed by atoms with E-state index >= 15 is 0 Å². The molecule has 2 aromatic carbocycles. The van der Waals surface area contributed by atoms with Gasteiger partial charge in [0.25, 0.3) is 0 Å². The van der Waals surface area contributed by atoms with Crippen LogP contribution in [0.1, 0.15) is 18.5 Å². The van der Waals surface area contributed by atoms with Gasteiger partial charge in [0.1, 0.15) is 5.75 Å². The van der Waals surface area contributed by atoms with Gasteiger partial charge in [-0.15, -0.1) is 0 Å². The van der Waals surface area contributed by atoms with E-state index in [0.717, 1.165) is 5.56 Å². The summed E-state index contributed by atoms with van der Waals surface area (Å²) < 4.78 is 39.0. The molecule has 0 radical (unpaired) electrons. The molecule has 0 aromatic heterocycles. The van der Waals surface area contributed by atoms with Crippen molar-refractivity contribution in [3.8, 4) is 17.2 Å². The van der Waals surface area contributed by atoms with Crippen LogP contribution in [0.4, 0.5) is 19.3 Å². The molecular weight excluding hydrogens is 334 g/mol. The Bertz CT molecular complexity index is 753. The van der Waals surface area contributed by atoms with Crippen molar-refractivity contribution in [3.05, 3.63) is 48.0 Å². The lowest BCUT2D eigenvalue weighted by molar-refractivity contribution is -0.0498.